The van der Waals surface area contributed by atoms with Crippen LogP contribution in [-0.2, 0) is 9.53 Å². The Labute approximate surface area is 128 Å². The Bertz CT molecular complexity index is 534. The third kappa shape index (κ3) is 4.91. The van der Waals surface area contributed by atoms with Gasteiger partial charge in [-0.05, 0) is 25.1 Å². The van der Waals surface area contributed by atoms with Gasteiger partial charge in [0.25, 0.3) is 5.91 Å². The molecule has 0 bridgehead atoms. The van der Waals surface area contributed by atoms with Gasteiger partial charge in [0, 0.05) is 12.7 Å². The van der Waals surface area contributed by atoms with Crippen molar-refractivity contribution < 1.29 is 24.2 Å². The lowest BCUT2D eigenvalue weighted by Gasteiger charge is -2.28. The van der Waals surface area contributed by atoms with Crippen molar-refractivity contribution in [3.05, 3.63) is 28.8 Å². The number of carbonyl (C=O) groups is 2. The number of benzene rings is 1. The van der Waals surface area contributed by atoms with Crippen LogP contribution in [0.1, 0.15) is 23.7 Å². The summed E-state index contributed by atoms with van der Waals surface area (Å²) >= 11 is 5.90. The highest BCUT2D eigenvalue weighted by Crippen LogP contribution is 2.25. The summed E-state index contributed by atoms with van der Waals surface area (Å²) in [6.45, 7) is 1.69. The number of carbonyl (C=O) groups excluding carboxylic acids is 1. The molecule has 1 atom stereocenters. The lowest BCUT2D eigenvalue weighted by molar-refractivity contribution is -0.139. The van der Waals surface area contributed by atoms with E-state index in [-0.39, 0.29) is 13.0 Å². The van der Waals surface area contributed by atoms with Crippen LogP contribution >= 0.6 is 11.6 Å². The van der Waals surface area contributed by atoms with Crippen LogP contribution in [-0.4, -0.2) is 43.3 Å². The Hall–Kier alpha value is -1.79. The van der Waals surface area contributed by atoms with Crippen molar-refractivity contribution in [2.45, 2.75) is 18.9 Å². The van der Waals surface area contributed by atoms with E-state index in [1.54, 1.807) is 13.0 Å². The molecule has 21 heavy (non-hydrogen) atoms. The number of aliphatic carboxylic acids is 1. The van der Waals surface area contributed by atoms with Crippen LogP contribution in [0.4, 0.5) is 0 Å². The first-order chi connectivity index (χ1) is 9.81. The molecule has 0 radical (unpaired) electrons. The van der Waals surface area contributed by atoms with Crippen LogP contribution in [0.5, 0.6) is 5.75 Å². The molecule has 0 aliphatic carbocycles. The number of hydrogen-bond acceptors (Lipinski definition) is 4. The third-order valence-corrected chi connectivity index (χ3v) is 3.15. The maximum atomic E-state index is 12.2. The van der Waals surface area contributed by atoms with E-state index in [2.05, 4.69) is 5.32 Å². The summed E-state index contributed by atoms with van der Waals surface area (Å²) in [6.07, 6.45) is -0.253. The average Bonchev–Trinajstić information content (AvgIpc) is 2.37. The van der Waals surface area contributed by atoms with E-state index in [4.69, 9.17) is 26.2 Å². The fourth-order valence-corrected chi connectivity index (χ4v) is 2.13. The van der Waals surface area contributed by atoms with E-state index in [0.717, 1.165) is 0 Å². The normalized spacial score (nSPS) is 13.3. The summed E-state index contributed by atoms with van der Waals surface area (Å²) in [7, 11) is 2.89. The summed E-state index contributed by atoms with van der Waals surface area (Å²) in [5.41, 5.74) is -0.686. The van der Waals surface area contributed by atoms with Gasteiger partial charge in [-0.3, -0.25) is 9.59 Å². The Kier molecular flexibility index (Phi) is 5.99. The molecule has 0 aliphatic heterocycles. The van der Waals surface area contributed by atoms with E-state index in [9.17, 15) is 9.59 Å². The summed E-state index contributed by atoms with van der Waals surface area (Å²) in [5, 5.41) is 12.0. The second-order valence-corrected chi connectivity index (χ2v) is 5.27. The second kappa shape index (κ2) is 7.28. The smallest absolute Gasteiger partial charge is 0.305 e. The van der Waals surface area contributed by atoms with Gasteiger partial charge in [-0.2, -0.15) is 0 Å². The number of rotatable bonds is 7. The van der Waals surface area contributed by atoms with Crippen LogP contribution in [0.15, 0.2) is 18.2 Å². The van der Waals surface area contributed by atoms with Crippen molar-refractivity contribution >= 4 is 23.5 Å². The minimum absolute atomic E-state index is 0.0791. The molecule has 0 saturated carbocycles. The first-order valence-corrected chi connectivity index (χ1v) is 6.56. The standard InChI is InChI=1S/C14H18ClNO5/c1-14(8-20-2,7-12(17)18)16-13(19)9-4-5-10(15)11(6-9)21-3/h4-6H,7-8H2,1-3H3,(H,16,19)(H,17,18). The third-order valence-electron chi connectivity index (χ3n) is 2.83. The van der Waals surface area contributed by atoms with Gasteiger partial charge in [-0.1, -0.05) is 11.6 Å². The van der Waals surface area contributed by atoms with Crippen molar-refractivity contribution in [2.24, 2.45) is 0 Å². The highest BCUT2D eigenvalue weighted by molar-refractivity contribution is 6.32. The average molecular weight is 316 g/mol. The predicted molar refractivity (Wildman–Crippen MR) is 78.0 cm³/mol. The van der Waals surface area contributed by atoms with Crippen molar-refractivity contribution in [2.75, 3.05) is 20.8 Å². The van der Waals surface area contributed by atoms with Crippen LogP contribution in [0.25, 0.3) is 0 Å². The van der Waals surface area contributed by atoms with Crippen molar-refractivity contribution in [3.8, 4) is 5.75 Å². The van der Waals surface area contributed by atoms with E-state index in [1.807, 2.05) is 0 Å². The fraction of sp³-hybridized carbons (Fsp3) is 0.429. The molecule has 7 heteroatoms. The maximum absolute atomic E-state index is 12.2. The van der Waals surface area contributed by atoms with Crippen molar-refractivity contribution in [1.82, 2.24) is 5.32 Å². The number of nitrogens with one attached hydrogen (secondary N) is 1. The number of carboxylic acid groups (broad SMARTS) is 1. The Balaban J connectivity index is 2.94. The molecule has 0 aromatic heterocycles. The molecule has 0 saturated heterocycles. The van der Waals surface area contributed by atoms with Crippen molar-refractivity contribution in [1.29, 1.82) is 0 Å². The molecule has 1 aromatic rings. The monoisotopic (exact) mass is 315 g/mol. The molecule has 1 amide bonds. The number of ether oxygens (including phenoxy) is 2. The van der Waals surface area contributed by atoms with Gasteiger partial charge in [-0.15, -0.1) is 0 Å². The summed E-state index contributed by atoms with van der Waals surface area (Å²) in [6, 6.07) is 4.57. The Morgan fingerprint density at radius 2 is 2.05 bits per heavy atom. The van der Waals surface area contributed by atoms with E-state index >= 15 is 0 Å². The van der Waals surface area contributed by atoms with Gasteiger partial charge < -0.3 is 19.9 Å². The largest absolute Gasteiger partial charge is 0.495 e. The molecule has 0 aliphatic rings. The maximum Gasteiger partial charge on any atom is 0.305 e. The molecular weight excluding hydrogens is 298 g/mol. The van der Waals surface area contributed by atoms with E-state index in [0.29, 0.717) is 16.3 Å². The molecule has 0 fully saturated rings. The van der Waals surface area contributed by atoms with Gasteiger partial charge in [-0.25, -0.2) is 0 Å². The molecule has 0 spiro atoms. The quantitative estimate of drug-likeness (QED) is 0.803. The van der Waals surface area contributed by atoms with Crippen LogP contribution in [0, 0.1) is 0 Å². The van der Waals surface area contributed by atoms with Gasteiger partial charge in [0.1, 0.15) is 5.75 Å². The zero-order valence-electron chi connectivity index (χ0n) is 12.1. The topological polar surface area (TPSA) is 84.9 Å². The van der Waals surface area contributed by atoms with E-state index < -0.39 is 17.4 Å². The minimum atomic E-state index is -1.02. The fourth-order valence-electron chi connectivity index (χ4n) is 1.93. The lowest BCUT2D eigenvalue weighted by Crippen LogP contribution is -2.50. The van der Waals surface area contributed by atoms with Gasteiger partial charge in [0.05, 0.1) is 30.7 Å². The molecular formula is C14H18ClNO5. The molecule has 1 rings (SSSR count). The first-order valence-electron chi connectivity index (χ1n) is 6.18. The van der Waals surface area contributed by atoms with Gasteiger partial charge in [0.2, 0.25) is 0 Å². The first kappa shape index (κ1) is 17.3. The summed E-state index contributed by atoms with van der Waals surface area (Å²) < 4.78 is 10.0. The summed E-state index contributed by atoms with van der Waals surface area (Å²) in [4.78, 5) is 23.1. The van der Waals surface area contributed by atoms with Gasteiger partial charge in [0.15, 0.2) is 0 Å². The Morgan fingerprint density at radius 1 is 1.38 bits per heavy atom. The SMILES string of the molecule is COCC(C)(CC(=O)O)NC(=O)c1ccc(Cl)c(OC)c1. The van der Waals surface area contributed by atoms with Crippen molar-refractivity contribution in [3.63, 3.8) is 0 Å². The zero-order chi connectivity index (χ0) is 16.0. The van der Waals surface area contributed by atoms with Crippen LogP contribution in [0.3, 0.4) is 0 Å². The summed E-state index contributed by atoms with van der Waals surface area (Å²) in [5.74, 6) is -1.08. The molecule has 116 valence electrons. The second-order valence-electron chi connectivity index (χ2n) is 4.87. The molecule has 6 nitrogen and oxygen atoms in total. The molecule has 2 N–H and O–H groups in total. The highest BCUT2D eigenvalue weighted by atomic mass is 35.5. The number of hydrogen-bond donors (Lipinski definition) is 2. The highest BCUT2D eigenvalue weighted by Gasteiger charge is 2.30. The number of carboxylic acids is 1. The minimum Gasteiger partial charge on any atom is -0.495 e. The zero-order valence-corrected chi connectivity index (χ0v) is 12.9. The number of methoxy groups -OCH3 is 2. The lowest BCUT2D eigenvalue weighted by atomic mass is 9.98. The number of amides is 1. The predicted octanol–water partition coefficient (Wildman–Crippen LogP) is 1.96. The number of halogens is 1. The molecule has 0 heterocycles. The molecule has 1 aromatic carbocycles. The molecule has 1 unspecified atom stereocenters. The van der Waals surface area contributed by atoms with Crippen LogP contribution < -0.4 is 10.1 Å². The van der Waals surface area contributed by atoms with E-state index in [1.165, 1.54) is 26.4 Å². The van der Waals surface area contributed by atoms with Gasteiger partial charge >= 0.3 is 5.97 Å². The van der Waals surface area contributed by atoms with Crippen LogP contribution in [0.2, 0.25) is 5.02 Å². The Morgan fingerprint density at radius 3 is 2.57 bits per heavy atom.